The number of imidazole rings is 1. The molecule has 0 bridgehead atoms. The van der Waals surface area contributed by atoms with Crippen molar-refractivity contribution in [2.45, 2.75) is 13.3 Å². The summed E-state index contributed by atoms with van der Waals surface area (Å²) in [5.41, 5.74) is 2.98. The molecule has 1 aliphatic heterocycles. The number of rotatable bonds is 3. The highest BCUT2D eigenvalue weighted by atomic mass is 16.7. The number of benzene rings is 1. The largest absolute Gasteiger partial charge is 0.454 e. The average molecular weight is 260 g/mol. The third kappa shape index (κ3) is 1.96. The minimum atomic E-state index is 0.126. The highest BCUT2D eigenvalue weighted by Gasteiger charge is 2.17. The van der Waals surface area contributed by atoms with E-state index in [1.165, 1.54) is 0 Å². The van der Waals surface area contributed by atoms with Gasteiger partial charge in [0.25, 0.3) is 0 Å². The van der Waals surface area contributed by atoms with Crippen LogP contribution in [0.25, 0.3) is 11.4 Å². The lowest BCUT2D eigenvalue weighted by Gasteiger charge is -2.06. The van der Waals surface area contributed by atoms with Crippen LogP contribution >= 0.6 is 0 Å². The number of nitrogens with zero attached hydrogens (tertiary/aromatic N) is 2. The molecule has 0 saturated carbocycles. The maximum atomic E-state index is 9.10. The lowest BCUT2D eigenvalue weighted by atomic mass is 10.2. The number of ether oxygens (including phenoxy) is 2. The highest BCUT2D eigenvalue weighted by molar-refractivity contribution is 5.63. The lowest BCUT2D eigenvalue weighted by molar-refractivity contribution is 0.174. The molecule has 1 N–H and O–H groups in total. The van der Waals surface area contributed by atoms with Crippen molar-refractivity contribution < 1.29 is 14.6 Å². The molecular weight excluding hydrogens is 244 g/mol. The summed E-state index contributed by atoms with van der Waals surface area (Å²) in [5, 5.41) is 9.10. The fourth-order valence-electron chi connectivity index (χ4n) is 2.42. The average Bonchev–Trinajstić information content (AvgIpc) is 2.97. The fourth-order valence-corrected chi connectivity index (χ4v) is 2.42. The molecule has 3 rings (SSSR count). The molecule has 5 nitrogen and oxygen atoms in total. The number of aryl methyl sites for hydroxylation is 1. The standard InChI is InChI=1S/C14H16N2O3/c1-9-11(5-6-17)16(2)14(15-9)10-3-4-12-13(7-10)19-8-18-12/h3-4,7,17H,5-6,8H2,1-2H3. The van der Waals surface area contributed by atoms with Crippen molar-refractivity contribution in [3.63, 3.8) is 0 Å². The molecule has 0 unspecified atom stereocenters. The van der Waals surface area contributed by atoms with Crippen molar-refractivity contribution >= 4 is 0 Å². The predicted octanol–water partition coefficient (Wildman–Crippen LogP) is 1.66. The van der Waals surface area contributed by atoms with Crippen molar-refractivity contribution in [3.05, 3.63) is 29.6 Å². The first kappa shape index (κ1) is 12.0. The fraction of sp³-hybridized carbons (Fsp3) is 0.357. The monoisotopic (exact) mass is 260 g/mol. The zero-order valence-corrected chi connectivity index (χ0v) is 11.0. The second-order valence-electron chi connectivity index (χ2n) is 4.57. The Hall–Kier alpha value is -2.01. The molecule has 1 aliphatic rings. The van der Waals surface area contributed by atoms with Crippen LogP contribution in [0.1, 0.15) is 11.4 Å². The van der Waals surface area contributed by atoms with E-state index in [9.17, 15) is 0 Å². The van der Waals surface area contributed by atoms with E-state index >= 15 is 0 Å². The van der Waals surface area contributed by atoms with Gasteiger partial charge in [0.05, 0.1) is 5.69 Å². The van der Waals surface area contributed by atoms with Crippen LogP contribution in [0.2, 0.25) is 0 Å². The summed E-state index contributed by atoms with van der Waals surface area (Å²) in [4.78, 5) is 4.58. The van der Waals surface area contributed by atoms with Gasteiger partial charge in [-0.1, -0.05) is 0 Å². The molecule has 19 heavy (non-hydrogen) atoms. The summed E-state index contributed by atoms with van der Waals surface area (Å²) >= 11 is 0. The van der Waals surface area contributed by atoms with E-state index in [0.717, 1.165) is 34.3 Å². The third-order valence-corrected chi connectivity index (χ3v) is 3.39. The van der Waals surface area contributed by atoms with E-state index in [2.05, 4.69) is 4.98 Å². The summed E-state index contributed by atoms with van der Waals surface area (Å²) in [6.45, 7) is 2.36. The molecular formula is C14H16N2O3. The van der Waals surface area contributed by atoms with Gasteiger partial charge in [-0.05, 0) is 25.1 Å². The van der Waals surface area contributed by atoms with E-state index in [0.29, 0.717) is 6.42 Å². The van der Waals surface area contributed by atoms with Crippen LogP contribution in [0.5, 0.6) is 11.5 Å². The number of aliphatic hydroxyl groups is 1. The Bertz CT molecular complexity index is 619. The molecule has 0 saturated heterocycles. The quantitative estimate of drug-likeness (QED) is 0.912. The molecule has 100 valence electrons. The predicted molar refractivity (Wildman–Crippen MR) is 70.3 cm³/mol. The summed E-state index contributed by atoms with van der Waals surface area (Å²) in [5.74, 6) is 2.39. The Kier molecular flexibility index (Phi) is 2.91. The van der Waals surface area contributed by atoms with Gasteiger partial charge >= 0.3 is 0 Å². The molecule has 0 fully saturated rings. The van der Waals surface area contributed by atoms with Crippen molar-refractivity contribution in [2.75, 3.05) is 13.4 Å². The van der Waals surface area contributed by atoms with Crippen molar-refractivity contribution in [1.82, 2.24) is 9.55 Å². The summed E-state index contributed by atoms with van der Waals surface area (Å²) < 4.78 is 12.7. The number of fused-ring (bicyclic) bond motifs is 1. The van der Waals surface area contributed by atoms with Gasteiger partial charge in [0.1, 0.15) is 5.82 Å². The van der Waals surface area contributed by atoms with Gasteiger partial charge < -0.3 is 19.1 Å². The summed E-state index contributed by atoms with van der Waals surface area (Å²) in [6.07, 6.45) is 0.611. The Labute approximate surface area is 111 Å². The third-order valence-electron chi connectivity index (χ3n) is 3.39. The Morgan fingerprint density at radius 3 is 2.89 bits per heavy atom. The SMILES string of the molecule is Cc1nc(-c2ccc3c(c2)OCO3)n(C)c1CCO. The van der Waals surface area contributed by atoms with Gasteiger partial charge in [-0.2, -0.15) is 0 Å². The number of aromatic nitrogens is 2. The van der Waals surface area contributed by atoms with E-state index < -0.39 is 0 Å². The molecule has 0 amide bonds. The topological polar surface area (TPSA) is 56.5 Å². The zero-order valence-electron chi connectivity index (χ0n) is 11.0. The van der Waals surface area contributed by atoms with Crippen LogP contribution in [0, 0.1) is 6.92 Å². The lowest BCUT2D eigenvalue weighted by Crippen LogP contribution is -2.02. The second kappa shape index (κ2) is 4.59. The minimum Gasteiger partial charge on any atom is -0.454 e. The molecule has 2 heterocycles. The van der Waals surface area contributed by atoms with E-state index in [4.69, 9.17) is 14.6 Å². The van der Waals surface area contributed by atoms with Crippen LogP contribution in [-0.2, 0) is 13.5 Å². The number of hydrogen-bond donors (Lipinski definition) is 1. The van der Waals surface area contributed by atoms with Gasteiger partial charge in [0, 0.05) is 31.3 Å². The molecule has 0 radical (unpaired) electrons. The molecule has 1 aromatic carbocycles. The van der Waals surface area contributed by atoms with Gasteiger partial charge in [0.15, 0.2) is 11.5 Å². The first-order valence-electron chi connectivity index (χ1n) is 6.24. The molecule has 0 aliphatic carbocycles. The zero-order chi connectivity index (χ0) is 13.4. The molecule has 5 heteroatoms. The smallest absolute Gasteiger partial charge is 0.231 e. The van der Waals surface area contributed by atoms with E-state index in [1.54, 1.807) is 0 Å². The second-order valence-corrected chi connectivity index (χ2v) is 4.57. The Morgan fingerprint density at radius 2 is 2.11 bits per heavy atom. The molecule has 0 spiro atoms. The van der Waals surface area contributed by atoms with Crippen LogP contribution in [0.3, 0.4) is 0 Å². The molecule has 0 atom stereocenters. The van der Waals surface area contributed by atoms with Crippen LogP contribution in [0.4, 0.5) is 0 Å². The summed E-state index contributed by atoms with van der Waals surface area (Å²) in [7, 11) is 1.96. The highest BCUT2D eigenvalue weighted by Crippen LogP contribution is 2.35. The number of aliphatic hydroxyl groups excluding tert-OH is 1. The first-order chi connectivity index (χ1) is 9.20. The molecule has 1 aromatic heterocycles. The van der Waals surface area contributed by atoms with Gasteiger partial charge in [-0.3, -0.25) is 0 Å². The Balaban J connectivity index is 2.05. The Morgan fingerprint density at radius 1 is 1.32 bits per heavy atom. The van der Waals surface area contributed by atoms with Crippen LogP contribution in [-0.4, -0.2) is 28.1 Å². The molecule has 2 aromatic rings. The van der Waals surface area contributed by atoms with Crippen molar-refractivity contribution in [1.29, 1.82) is 0 Å². The maximum Gasteiger partial charge on any atom is 0.231 e. The first-order valence-corrected chi connectivity index (χ1v) is 6.24. The minimum absolute atomic E-state index is 0.126. The number of hydrogen-bond acceptors (Lipinski definition) is 4. The van der Waals surface area contributed by atoms with Crippen molar-refractivity contribution in [2.24, 2.45) is 7.05 Å². The van der Waals surface area contributed by atoms with Gasteiger partial charge in [-0.25, -0.2) is 4.98 Å². The maximum absolute atomic E-state index is 9.10. The normalized spacial score (nSPS) is 13.0. The van der Waals surface area contributed by atoms with Crippen LogP contribution < -0.4 is 9.47 Å². The van der Waals surface area contributed by atoms with Gasteiger partial charge in [-0.15, -0.1) is 0 Å². The van der Waals surface area contributed by atoms with E-state index in [-0.39, 0.29) is 13.4 Å². The summed E-state index contributed by atoms with van der Waals surface area (Å²) in [6, 6.07) is 5.80. The van der Waals surface area contributed by atoms with Crippen molar-refractivity contribution in [3.8, 4) is 22.9 Å². The van der Waals surface area contributed by atoms with E-state index in [1.807, 2.05) is 36.7 Å². The van der Waals surface area contributed by atoms with Crippen LogP contribution in [0.15, 0.2) is 18.2 Å². The van der Waals surface area contributed by atoms with Gasteiger partial charge in [0.2, 0.25) is 6.79 Å².